The van der Waals surface area contributed by atoms with Crippen molar-refractivity contribution in [2.75, 3.05) is 0 Å². The zero-order valence-corrected chi connectivity index (χ0v) is 33.1. The Hall–Kier alpha value is -7.69. The number of nitrogens with zero attached hydrogens (tertiary/aromatic N) is 3. The van der Waals surface area contributed by atoms with Crippen molar-refractivity contribution in [1.29, 1.82) is 0 Å². The average Bonchev–Trinajstić information content (AvgIpc) is 3.80. The second-order valence-electron chi connectivity index (χ2n) is 16.3. The van der Waals surface area contributed by atoms with Gasteiger partial charge >= 0.3 is 0 Å². The van der Waals surface area contributed by atoms with E-state index in [-0.39, 0.29) is 5.41 Å². The van der Waals surface area contributed by atoms with Crippen LogP contribution in [0, 0.1) is 0 Å². The second kappa shape index (κ2) is 13.2. The van der Waals surface area contributed by atoms with Crippen molar-refractivity contribution in [3.63, 3.8) is 0 Å². The summed E-state index contributed by atoms with van der Waals surface area (Å²) in [5, 5.41) is 6.74. The predicted octanol–water partition coefficient (Wildman–Crippen LogP) is 14.7. The molecule has 1 aliphatic rings. The Morgan fingerprint density at radius 2 is 0.983 bits per heavy atom. The molecule has 2 aromatic heterocycles. The van der Waals surface area contributed by atoms with E-state index in [0.717, 1.165) is 71.5 Å². The van der Waals surface area contributed by atoms with E-state index in [9.17, 15) is 0 Å². The first-order chi connectivity index (χ1) is 29.5. The maximum atomic E-state index is 6.58. The third kappa shape index (κ3) is 5.27. The fraction of sp³-hybridized carbons (Fsp3) is 0.0536. The molecule has 2 heterocycles. The minimum atomic E-state index is -0.152. The fourth-order valence-electron chi connectivity index (χ4n) is 9.73. The Labute approximate surface area is 347 Å². The Bertz CT molecular complexity index is 3530. The molecule has 0 unspecified atom stereocenters. The molecule has 0 saturated heterocycles. The summed E-state index contributed by atoms with van der Waals surface area (Å²) in [4.78, 5) is 15.9. The first-order valence-corrected chi connectivity index (χ1v) is 20.5. The molecule has 0 amide bonds. The van der Waals surface area contributed by atoms with Crippen LogP contribution in [0.1, 0.15) is 25.0 Å². The van der Waals surface area contributed by atoms with Crippen molar-refractivity contribution in [3.8, 4) is 67.5 Å². The number of furan rings is 1. The minimum absolute atomic E-state index is 0.152. The lowest BCUT2D eigenvalue weighted by Crippen LogP contribution is -2.16. The quantitative estimate of drug-likeness (QED) is 0.164. The van der Waals surface area contributed by atoms with Gasteiger partial charge in [0.25, 0.3) is 0 Å². The van der Waals surface area contributed by atoms with Crippen LogP contribution in [0.15, 0.2) is 192 Å². The van der Waals surface area contributed by atoms with Gasteiger partial charge in [0.05, 0.1) is 0 Å². The van der Waals surface area contributed by atoms with Gasteiger partial charge in [0.2, 0.25) is 0 Å². The Balaban J connectivity index is 1.06. The molecule has 0 bridgehead atoms. The first-order valence-electron chi connectivity index (χ1n) is 20.5. The summed E-state index contributed by atoms with van der Waals surface area (Å²) in [6, 6.07) is 66.6. The third-order valence-electron chi connectivity index (χ3n) is 12.5. The molecule has 11 aromatic rings. The van der Waals surface area contributed by atoms with Crippen molar-refractivity contribution in [1.82, 2.24) is 15.0 Å². The molecule has 4 nitrogen and oxygen atoms in total. The van der Waals surface area contributed by atoms with Gasteiger partial charge in [-0.1, -0.05) is 172 Å². The molecule has 12 rings (SSSR count). The van der Waals surface area contributed by atoms with Gasteiger partial charge < -0.3 is 4.42 Å². The normalized spacial score (nSPS) is 13.0. The smallest absolute Gasteiger partial charge is 0.164 e. The van der Waals surface area contributed by atoms with Crippen molar-refractivity contribution in [2.45, 2.75) is 19.3 Å². The van der Waals surface area contributed by atoms with Crippen molar-refractivity contribution >= 4 is 43.5 Å². The Kier molecular flexibility index (Phi) is 7.54. The van der Waals surface area contributed by atoms with E-state index in [2.05, 4.69) is 190 Å². The molecule has 0 saturated carbocycles. The van der Waals surface area contributed by atoms with Gasteiger partial charge in [-0.05, 0) is 96.4 Å². The average molecular weight is 768 g/mol. The van der Waals surface area contributed by atoms with Crippen LogP contribution in [-0.4, -0.2) is 15.0 Å². The number of hydrogen-bond acceptors (Lipinski definition) is 4. The van der Waals surface area contributed by atoms with Crippen molar-refractivity contribution in [3.05, 3.63) is 199 Å². The van der Waals surface area contributed by atoms with Crippen molar-refractivity contribution in [2.24, 2.45) is 0 Å². The second-order valence-corrected chi connectivity index (χ2v) is 16.3. The summed E-state index contributed by atoms with van der Waals surface area (Å²) in [6.45, 7) is 4.68. The standard InChI is InChI=1S/C56H37N3O/c1-56(2)48-27-11-10-23-44(48)45-26-13-25-41(52(45)56)35-18-12-19-37(31-35)53-57-54(59-55(58-53)47-32-36-17-6-7-20-39(36)42-21-8-9-22-43(42)47)38-29-30-46-50(33-38)60-49-28-14-24-40(51(46)49)34-15-4-3-5-16-34/h3-33H,1-2H3. The van der Waals surface area contributed by atoms with Crippen molar-refractivity contribution < 1.29 is 4.42 Å². The zero-order valence-electron chi connectivity index (χ0n) is 33.1. The highest BCUT2D eigenvalue weighted by atomic mass is 16.3. The van der Waals surface area contributed by atoms with E-state index < -0.39 is 0 Å². The number of fused-ring (bicyclic) bond motifs is 9. The third-order valence-corrected chi connectivity index (χ3v) is 12.5. The minimum Gasteiger partial charge on any atom is -0.456 e. The van der Waals surface area contributed by atoms with Gasteiger partial charge in [0, 0.05) is 32.9 Å². The topological polar surface area (TPSA) is 51.8 Å². The zero-order chi connectivity index (χ0) is 40.0. The summed E-state index contributed by atoms with van der Waals surface area (Å²) in [7, 11) is 0. The van der Waals surface area contributed by atoms with E-state index >= 15 is 0 Å². The van der Waals surface area contributed by atoms with Crippen LogP contribution in [0.5, 0.6) is 0 Å². The largest absolute Gasteiger partial charge is 0.456 e. The monoisotopic (exact) mass is 767 g/mol. The van der Waals surface area contributed by atoms with E-state index in [4.69, 9.17) is 19.4 Å². The van der Waals surface area contributed by atoms with Gasteiger partial charge in [-0.25, -0.2) is 15.0 Å². The van der Waals surface area contributed by atoms with Gasteiger partial charge in [0.15, 0.2) is 17.5 Å². The number of rotatable bonds is 5. The molecule has 0 radical (unpaired) electrons. The molecule has 60 heavy (non-hydrogen) atoms. The highest BCUT2D eigenvalue weighted by molar-refractivity contribution is 6.14. The maximum Gasteiger partial charge on any atom is 0.164 e. The lowest BCUT2D eigenvalue weighted by Gasteiger charge is -2.24. The van der Waals surface area contributed by atoms with E-state index in [1.165, 1.54) is 33.2 Å². The number of hydrogen-bond donors (Lipinski definition) is 0. The van der Waals surface area contributed by atoms with Gasteiger partial charge in [-0.3, -0.25) is 0 Å². The van der Waals surface area contributed by atoms with Gasteiger partial charge in [-0.15, -0.1) is 0 Å². The molecule has 1 aliphatic carbocycles. The lowest BCUT2D eigenvalue weighted by atomic mass is 9.79. The molecule has 282 valence electrons. The number of aromatic nitrogens is 3. The molecule has 0 atom stereocenters. The summed E-state index contributed by atoms with van der Waals surface area (Å²) in [6.07, 6.45) is 0. The highest BCUT2D eigenvalue weighted by Crippen LogP contribution is 2.52. The molecule has 4 heteroatoms. The maximum absolute atomic E-state index is 6.58. The Morgan fingerprint density at radius 1 is 0.367 bits per heavy atom. The van der Waals surface area contributed by atoms with Crippen LogP contribution >= 0.6 is 0 Å². The summed E-state index contributed by atoms with van der Waals surface area (Å²) >= 11 is 0. The molecule has 9 aromatic carbocycles. The lowest BCUT2D eigenvalue weighted by molar-refractivity contribution is 0.662. The van der Waals surface area contributed by atoms with E-state index in [0.29, 0.717) is 17.5 Å². The molecule has 0 N–H and O–H groups in total. The molecule has 0 spiro atoms. The van der Waals surface area contributed by atoms with Crippen LogP contribution < -0.4 is 0 Å². The fourth-order valence-corrected chi connectivity index (χ4v) is 9.73. The first kappa shape index (κ1) is 34.4. The van der Waals surface area contributed by atoms with Gasteiger partial charge in [-0.2, -0.15) is 0 Å². The summed E-state index contributed by atoms with van der Waals surface area (Å²) in [5.41, 5.74) is 14.2. The predicted molar refractivity (Wildman–Crippen MR) is 247 cm³/mol. The van der Waals surface area contributed by atoms with Gasteiger partial charge in [0.1, 0.15) is 11.2 Å². The van der Waals surface area contributed by atoms with Crippen LogP contribution in [-0.2, 0) is 5.41 Å². The number of benzene rings is 9. The van der Waals surface area contributed by atoms with Crippen LogP contribution in [0.3, 0.4) is 0 Å². The van der Waals surface area contributed by atoms with E-state index in [1.807, 2.05) is 12.1 Å². The van der Waals surface area contributed by atoms with E-state index in [1.54, 1.807) is 0 Å². The SMILES string of the molecule is CC1(C)c2ccccc2-c2cccc(-c3cccc(-c4nc(-c5ccc6c(c5)oc5cccc(-c7ccccc7)c56)nc(-c5cc6ccccc6c6ccccc56)n4)c3)c21. The molecular weight excluding hydrogens is 731 g/mol. The summed E-state index contributed by atoms with van der Waals surface area (Å²) in [5.74, 6) is 1.82. The summed E-state index contributed by atoms with van der Waals surface area (Å²) < 4.78 is 6.58. The van der Waals surface area contributed by atoms with Crippen LogP contribution in [0.2, 0.25) is 0 Å². The van der Waals surface area contributed by atoms with Crippen LogP contribution in [0.25, 0.3) is 111 Å². The molecule has 0 fully saturated rings. The Morgan fingerprint density at radius 3 is 1.85 bits per heavy atom. The molecular formula is C56H37N3O. The van der Waals surface area contributed by atoms with Crippen LogP contribution in [0.4, 0.5) is 0 Å². The highest BCUT2D eigenvalue weighted by Gasteiger charge is 2.37. The molecule has 0 aliphatic heterocycles.